The molecule has 6 aromatic carbocycles. The molecule has 0 atom stereocenters. The maximum atomic E-state index is 9.42. The van der Waals surface area contributed by atoms with Gasteiger partial charge in [0.1, 0.15) is 11.5 Å². The van der Waals surface area contributed by atoms with Crippen LogP contribution >= 0.6 is 0 Å². The van der Waals surface area contributed by atoms with Crippen LogP contribution in [0.25, 0.3) is 38.6 Å². The standard InChI is InChI=1S/C38H22N2O/c39-23-24-17-19-25(20-18-24)40-34-15-7-3-11-28(34)29-21-37-33(22-35(29)40)38(32-14-6-8-16-36(32)41-37)30-12-4-1-9-26(30)27-10-2-5-13-31(27)38/h1-22H. The van der Waals surface area contributed by atoms with Crippen LogP contribution in [0.1, 0.15) is 27.8 Å². The summed E-state index contributed by atoms with van der Waals surface area (Å²) >= 11 is 0. The molecule has 2 aliphatic rings. The third kappa shape index (κ3) is 2.76. The molecule has 0 unspecified atom stereocenters. The fraction of sp³-hybridized carbons (Fsp3) is 0.0263. The molecule has 2 heterocycles. The van der Waals surface area contributed by atoms with Crippen molar-refractivity contribution in [2.24, 2.45) is 0 Å². The molecule has 0 fully saturated rings. The van der Waals surface area contributed by atoms with Gasteiger partial charge in [-0.2, -0.15) is 5.26 Å². The van der Waals surface area contributed by atoms with Gasteiger partial charge in [0.2, 0.25) is 0 Å². The predicted molar refractivity (Wildman–Crippen MR) is 163 cm³/mol. The van der Waals surface area contributed by atoms with E-state index < -0.39 is 5.41 Å². The summed E-state index contributed by atoms with van der Waals surface area (Å²) in [5, 5.41) is 11.7. The van der Waals surface area contributed by atoms with Crippen molar-refractivity contribution in [3.63, 3.8) is 0 Å². The number of benzene rings is 6. The molecule has 9 rings (SSSR count). The first-order chi connectivity index (χ1) is 20.3. The highest BCUT2D eigenvalue weighted by molar-refractivity contribution is 6.10. The molecule has 0 amide bonds. The molecule has 41 heavy (non-hydrogen) atoms. The molecule has 0 saturated heterocycles. The average molecular weight is 523 g/mol. The van der Waals surface area contributed by atoms with E-state index >= 15 is 0 Å². The Labute approximate surface area is 237 Å². The molecule has 1 spiro atoms. The second-order valence-electron chi connectivity index (χ2n) is 10.8. The van der Waals surface area contributed by atoms with Crippen molar-refractivity contribution in [3.8, 4) is 34.4 Å². The van der Waals surface area contributed by atoms with Crippen LogP contribution in [0.4, 0.5) is 0 Å². The molecule has 3 heteroatoms. The van der Waals surface area contributed by atoms with Crippen LogP contribution in [0.15, 0.2) is 133 Å². The monoisotopic (exact) mass is 522 g/mol. The van der Waals surface area contributed by atoms with Gasteiger partial charge in [0.15, 0.2) is 0 Å². The maximum absolute atomic E-state index is 9.42. The lowest BCUT2D eigenvalue weighted by molar-refractivity contribution is 0.437. The molecule has 0 bridgehead atoms. The van der Waals surface area contributed by atoms with E-state index in [4.69, 9.17) is 4.74 Å². The van der Waals surface area contributed by atoms with Gasteiger partial charge in [-0.15, -0.1) is 0 Å². The largest absolute Gasteiger partial charge is 0.457 e. The Kier molecular flexibility index (Phi) is 4.33. The maximum Gasteiger partial charge on any atom is 0.133 e. The summed E-state index contributed by atoms with van der Waals surface area (Å²) in [6, 6.07) is 49.3. The number of ether oxygens (including phenoxy) is 1. The van der Waals surface area contributed by atoms with Crippen LogP contribution in [0.5, 0.6) is 11.5 Å². The van der Waals surface area contributed by atoms with Crippen molar-refractivity contribution in [2.45, 2.75) is 5.41 Å². The fourth-order valence-electron chi connectivity index (χ4n) is 7.28. The van der Waals surface area contributed by atoms with Crippen LogP contribution in [0.2, 0.25) is 0 Å². The quantitative estimate of drug-likeness (QED) is 0.216. The number of nitriles is 1. The van der Waals surface area contributed by atoms with Gasteiger partial charge in [-0.1, -0.05) is 84.9 Å². The molecule has 0 radical (unpaired) electrons. The van der Waals surface area contributed by atoms with E-state index in [1.165, 1.54) is 27.6 Å². The van der Waals surface area contributed by atoms with Gasteiger partial charge in [-0.3, -0.25) is 0 Å². The normalized spacial score (nSPS) is 13.7. The highest BCUT2D eigenvalue weighted by Crippen LogP contribution is 2.62. The van der Waals surface area contributed by atoms with E-state index in [1.54, 1.807) is 0 Å². The summed E-state index contributed by atoms with van der Waals surface area (Å²) in [6.45, 7) is 0. The number of nitrogens with zero attached hydrogens (tertiary/aromatic N) is 2. The number of para-hydroxylation sites is 2. The second-order valence-corrected chi connectivity index (χ2v) is 10.8. The van der Waals surface area contributed by atoms with E-state index in [0.29, 0.717) is 5.56 Å². The van der Waals surface area contributed by atoms with Crippen molar-refractivity contribution >= 4 is 21.8 Å². The Morgan fingerprint density at radius 1 is 0.537 bits per heavy atom. The third-order valence-electron chi connectivity index (χ3n) is 8.90. The lowest BCUT2D eigenvalue weighted by Gasteiger charge is -2.39. The fourth-order valence-corrected chi connectivity index (χ4v) is 7.28. The summed E-state index contributed by atoms with van der Waals surface area (Å²) in [7, 11) is 0. The van der Waals surface area contributed by atoms with E-state index in [9.17, 15) is 5.26 Å². The summed E-state index contributed by atoms with van der Waals surface area (Å²) < 4.78 is 9.06. The van der Waals surface area contributed by atoms with Gasteiger partial charge in [-0.25, -0.2) is 0 Å². The molecule has 3 nitrogen and oxygen atoms in total. The molecule has 0 N–H and O–H groups in total. The average Bonchev–Trinajstić information content (AvgIpc) is 3.51. The van der Waals surface area contributed by atoms with E-state index in [1.807, 2.05) is 24.3 Å². The molecule has 1 aromatic heterocycles. The number of hydrogen-bond acceptors (Lipinski definition) is 2. The zero-order valence-corrected chi connectivity index (χ0v) is 22.0. The zero-order valence-electron chi connectivity index (χ0n) is 22.0. The Morgan fingerprint density at radius 2 is 1.17 bits per heavy atom. The first kappa shape index (κ1) is 22.2. The van der Waals surface area contributed by atoms with Crippen molar-refractivity contribution in [2.75, 3.05) is 0 Å². The minimum absolute atomic E-state index is 0.516. The van der Waals surface area contributed by atoms with Crippen LogP contribution < -0.4 is 4.74 Å². The number of rotatable bonds is 1. The molecular formula is C38H22N2O. The Balaban J connectivity index is 1.46. The highest BCUT2D eigenvalue weighted by atomic mass is 16.5. The van der Waals surface area contributed by atoms with Crippen molar-refractivity contribution in [1.29, 1.82) is 5.26 Å². The van der Waals surface area contributed by atoms with Gasteiger partial charge in [-0.05, 0) is 70.8 Å². The predicted octanol–water partition coefficient (Wildman–Crippen LogP) is 9.12. The van der Waals surface area contributed by atoms with Crippen LogP contribution in [0, 0.1) is 11.3 Å². The topological polar surface area (TPSA) is 38.0 Å². The van der Waals surface area contributed by atoms with Gasteiger partial charge in [0.25, 0.3) is 0 Å². The lowest BCUT2D eigenvalue weighted by Crippen LogP contribution is -2.32. The Morgan fingerprint density at radius 3 is 1.90 bits per heavy atom. The number of hydrogen-bond donors (Lipinski definition) is 0. The van der Waals surface area contributed by atoms with E-state index in [2.05, 4.69) is 120 Å². The Bertz CT molecular complexity index is 2200. The summed E-state index contributed by atoms with van der Waals surface area (Å²) in [6.07, 6.45) is 0. The molecule has 1 aliphatic carbocycles. The van der Waals surface area contributed by atoms with Gasteiger partial charge in [0.05, 0.1) is 28.1 Å². The van der Waals surface area contributed by atoms with Crippen molar-refractivity contribution in [1.82, 2.24) is 4.57 Å². The highest BCUT2D eigenvalue weighted by Gasteiger charge is 2.51. The summed E-state index contributed by atoms with van der Waals surface area (Å²) in [5.41, 5.74) is 10.8. The van der Waals surface area contributed by atoms with Crippen LogP contribution in [0.3, 0.4) is 0 Å². The lowest BCUT2D eigenvalue weighted by atomic mass is 9.66. The smallest absolute Gasteiger partial charge is 0.133 e. The molecule has 1 aliphatic heterocycles. The minimum atomic E-state index is -0.516. The van der Waals surface area contributed by atoms with Gasteiger partial charge in [0, 0.05) is 27.6 Å². The van der Waals surface area contributed by atoms with Crippen LogP contribution in [-0.4, -0.2) is 4.57 Å². The summed E-state index contributed by atoms with van der Waals surface area (Å²) in [5.74, 6) is 1.77. The van der Waals surface area contributed by atoms with Crippen molar-refractivity contribution in [3.05, 3.63) is 161 Å². The molecular weight excluding hydrogens is 500 g/mol. The second kappa shape index (κ2) is 7.97. The van der Waals surface area contributed by atoms with E-state index in [0.717, 1.165) is 44.7 Å². The van der Waals surface area contributed by atoms with Gasteiger partial charge < -0.3 is 9.30 Å². The number of fused-ring (bicyclic) bond motifs is 12. The SMILES string of the molecule is N#Cc1ccc(-n2c3ccccc3c3cc4c(cc32)C2(c3ccccc3O4)c3ccccc3-c3ccccc32)cc1. The van der Waals surface area contributed by atoms with Gasteiger partial charge >= 0.3 is 0 Å². The molecule has 7 aromatic rings. The zero-order chi connectivity index (χ0) is 27.1. The molecule has 0 saturated carbocycles. The summed E-state index contributed by atoms with van der Waals surface area (Å²) in [4.78, 5) is 0. The Hall–Kier alpha value is -5.59. The minimum Gasteiger partial charge on any atom is -0.457 e. The van der Waals surface area contributed by atoms with E-state index in [-0.39, 0.29) is 0 Å². The first-order valence-corrected chi connectivity index (χ1v) is 13.8. The molecule has 190 valence electrons. The van der Waals surface area contributed by atoms with Crippen molar-refractivity contribution < 1.29 is 4.74 Å². The third-order valence-corrected chi connectivity index (χ3v) is 8.90. The van der Waals surface area contributed by atoms with Crippen LogP contribution in [-0.2, 0) is 5.41 Å². The number of aromatic nitrogens is 1. The first-order valence-electron chi connectivity index (χ1n) is 13.8.